The smallest absolute Gasteiger partial charge is 0.329 e. The number of aromatic nitrogens is 5. The third kappa shape index (κ3) is 1.75. The second kappa shape index (κ2) is 4.59. The quantitative estimate of drug-likeness (QED) is 0.687. The molecule has 0 radical (unpaired) electrons. The second-order valence-electron chi connectivity index (χ2n) is 5.20. The van der Waals surface area contributed by atoms with Gasteiger partial charge in [-0.2, -0.15) is 4.98 Å². The molecule has 8 heteroatoms. The second-order valence-corrected chi connectivity index (χ2v) is 5.20. The highest BCUT2D eigenvalue weighted by molar-refractivity contribution is 5.76. The summed E-state index contributed by atoms with van der Waals surface area (Å²) in [6.07, 6.45) is 0.823. The molecule has 8 nitrogen and oxygen atoms in total. The van der Waals surface area contributed by atoms with E-state index in [2.05, 4.69) is 9.97 Å². The molecule has 0 amide bonds. The summed E-state index contributed by atoms with van der Waals surface area (Å²) in [5, 5.41) is 0. The minimum absolute atomic E-state index is 0.392. The van der Waals surface area contributed by atoms with E-state index in [1.807, 2.05) is 18.4 Å². The largest absolute Gasteiger partial charge is 0.330 e. The van der Waals surface area contributed by atoms with E-state index in [0.29, 0.717) is 23.5 Å². The Morgan fingerprint density at radius 2 is 1.95 bits per heavy atom. The maximum Gasteiger partial charge on any atom is 0.329 e. The third-order valence-corrected chi connectivity index (χ3v) is 3.99. The van der Waals surface area contributed by atoms with Crippen LogP contribution in [0.4, 0.5) is 0 Å². The number of nitrogens with two attached hydrogens (primary N) is 1. The third-order valence-electron chi connectivity index (χ3n) is 3.99. The predicted molar refractivity (Wildman–Crippen MR) is 79.7 cm³/mol. The zero-order chi connectivity index (χ0) is 15.3. The van der Waals surface area contributed by atoms with E-state index < -0.39 is 11.2 Å². The summed E-state index contributed by atoms with van der Waals surface area (Å²) in [4.78, 5) is 30.7. The first-order chi connectivity index (χ1) is 9.97. The number of aryl methyl sites for hydroxylation is 3. The van der Waals surface area contributed by atoms with Gasteiger partial charge in [-0.05, 0) is 26.8 Å². The molecular formula is C13H18N6O2. The van der Waals surface area contributed by atoms with Crippen molar-refractivity contribution in [2.75, 3.05) is 6.54 Å². The van der Waals surface area contributed by atoms with Gasteiger partial charge in [-0.1, -0.05) is 0 Å². The Morgan fingerprint density at radius 1 is 1.24 bits per heavy atom. The minimum Gasteiger partial charge on any atom is -0.330 e. The molecule has 0 saturated heterocycles. The molecule has 0 aliphatic carbocycles. The summed E-state index contributed by atoms with van der Waals surface area (Å²) >= 11 is 0. The van der Waals surface area contributed by atoms with Gasteiger partial charge < -0.3 is 10.3 Å². The first kappa shape index (κ1) is 13.6. The molecule has 0 spiro atoms. The molecular weight excluding hydrogens is 272 g/mol. The van der Waals surface area contributed by atoms with Gasteiger partial charge >= 0.3 is 5.69 Å². The van der Waals surface area contributed by atoms with Crippen molar-refractivity contribution in [3.8, 4) is 0 Å². The van der Waals surface area contributed by atoms with Crippen molar-refractivity contribution in [2.24, 2.45) is 12.8 Å². The van der Waals surface area contributed by atoms with Crippen LogP contribution >= 0.6 is 0 Å². The number of hydrogen-bond donors (Lipinski definition) is 2. The SMILES string of the molecule is Cc1c(C)n2c3c(=O)[nH]c(=O)n(C)c3nc2n1CCCN. The zero-order valence-electron chi connectivity index (χ0n) is 12.3. The lowest BCUT2D eigenvalue weighted by Crippen LogP contribution is -2.28. The van der Waals surface area contributed by atoms with Crippen LogP contribution in [0.5, 0.6) is 0 Å². The average Bonchev–Trinajstić information content (AvgIpc) is 2.93. The van der Waals surface area contributed by atoms with Gasteiger partial charge in [-0.15, -0.1) is 0 Å². The molecule has 3 aromatic heterocycles. The van der Waals surface area contributed by atoms with E-state index in [9.17, 15) is 9.59 Å². The van der Waals surface area contributed by atoms with Crippen LogP contribution in [0, 0.1) is 13.8 Å². The number of nitrogens with one attached hydrogen (secondary N) is 1. The molecule has 0 aliphatic heterocycles. The van der Waals surface area contributed by atoms with E-state index >= 15 is 0 Å². The molecule has 0 unspecified atom stereocenters. The number of rotatable bonds is 3. The van der Waals surface area contributed by atoms with Gasteiger partial charge in [0.05, 0.1) is 0 Å². The van der Waals surface area contributed by atoms with Crippen LogP contribution in [0.2, 0.25) is 0 Å². The average molecular weight is 290 g/mol. The predicted octanol–water partition coefficient (Wildman–Crippen LogP) is -0.358. The first-order valence-corrected chi connectivity index (χ1v) is 6.84. The van der Waals surface area contributed by atoms with Crippen molar-refractivity contribution in [2.45, 2.75) is 26.8 Å². The molecule has 3 rings (SSSR count). The summed E-state index contributed by atoms with van der Waals surface area (Å²) in [6, 6.07) is 0. The maximum atomic E-state index is 12.2. The van der Waals surface area contributed by atoms with Crippen molar-refractivity contribution in [3.63, 3.8) is 0 Å². The Labute approximate surface area is 119 Å². The minimum atomic E-state index is -0.462. The van der Waals surface area contributed by atoms with Gasteiger partial charge in [0.2, 0.25) is 5.78 Å². The molecule has 0 aromatic carbocycles. The highest BCUT2D eigenvalue weighted by atomic mass is 16.2. The Hall–Kier alpha value is -2.35. The lowest BCUT2D eigenvalue weighted by atomic mass is 10.3. The fourth-order valence-corrected chi connectivity index (χ4v) is 2.69. The molecule has 0 bridgehead atoms. The fourth-order valence-electron chi connectivity index (χ4n) is 2.69. The normalized spacial score (nSPS) is 11.8. The number of aromatic amines is 1. The Morgan fingerprint density at radius 3 is 2.62 bits per heavy atom. The van der Waals surface area contributed by atoms with Crippen molar-refractivity contribution >= 4 is 16.9 Å². The molecule has 3 heterocycles. The lowest BCUT2D eigenvalue weighted by molar-refractivity contribution is 0.649. The summed E-state index contributed by atoms with van der Waals surface area (Å²) in [5.74, 6) is 0.667. The summed E-state index contributed by atoms with van der Waals surface area (Å²) < 4.78 is 5.19. The number of imidazole rings is 2. The topological polar surface area (TPSA) is 103 Å². The van der Waals surface area contributed by atoms with E-state index in [0.717, 1.165) is 24.4 Å². The molecule has 3 N–H and O–H groups in total. The van der Waals surface area contributed by atoms with Crippen molar-refractivity contribution < 1.29 is 0 Å². The van der Waals surface area contributed by atoms with Crippen LogP contribution in [0.25, 0.3) is 16.9 Å². The molecule has 3 aromatic rings. The van der Waals surface area contributed by atoms with Crippen molar-refractivity contribution in [1.29, 1.82) is 0 Å². The van der Waals surface area contributed by atoms with Crippen LogP contribution in [0.1, 0.15) is 17.8 Å². The van der Waals surface area contributed by atoms with Gasteiger partial charge in [0.1, 0.15) is 0 Å². The zero-order valence-corrected chi connectivity index (χ0v) is 12.3. The highest BCUT2D eigenvalue weighted by Crippen LogP contribution is 2.20. The fraction of sp³-hybridized carbons (Fsp3) is 0.462. The molecule has 0 atom stereocenters. The molecule has 0 aliphatic rings. The van der Waals surface area contributed by atoms with Gasteiger partial charge in [0, 0.05) is 25.0 Å². The van der Waals surface area contributed by atoms with Crippen LogP contribution in [0.3, 0.4) is 0 Å². The van der Waals surface area contributed by atoms with Crippen LogP contribution in [0.15, 0.2) is 9.59 Å². The van der Waals surface area contributed by atoms with Gasteiger partial charge in [-0.3, -0.25) is 18.7 Å². The van der Waals surface area contributed by atoms with Gasteiger partial charge in [0.25, 0.3) is 5.56 Å². The van der Waals surface area contributed by atoms with Crippen LogP contribution < -0.4 is 17.0 Å². The molecule has 21 heavy (non-hydrogen) atoms. The Balaban J connectivity index is 2.49. The van der Waals surface area contributed by atoms with Gasteiger partial charge in [-0.25, -0.2) is 4.79 Å². The van der Waals surface area contributed by atoms with E-state index in [4.69, 9.17) is 5.73 Å². The number of fused-ring (bicyclic) bond motifs is 3. The standard InChI is InChI=1S/C13H18N6O2/c1-7-8(2)19-9-10(17(3)13(21)16-11(9)20)15-12(19)18(7)6-4-5-14/h4-6,14H2,1-3H3,(H,16,20,21). The molecule has 0 fully saturated rings. The maximum absolute atomic E-state index is 12.2. The summed E-state index contributed by atoms with van der Waals surface area (Å²) in [5.41, 5.74) is 7.48. The van der Waals surface area contributed by atoms with Crippen molar-refractivity contribution in [1.82, 2.24) is 23.5 Å². The van der Waals surface area contributed by atoms with Crippen molar-refractivity contribution in [3.05, 3.63) is 32.2 Å². The van der Waals surface area contributed by atoms with Crippen LogP contribution in [-0.2, 0) is 13.6 Å². The Kier molecular flexibility index (Phi) is 2.98. The molecule has 112 valence electrons. The summed E-state index contributed by atoms with van der Waals surface area (Å²) in [6.45, 7) is 5.24. The number of H-pyrrole nitrogens is 1. The van der Waals surface area contributed by atoms with E-state index in [-0.39, 0.29) is 0 Å². The Bertz CT molecular complexity index is 955. The van der Waals surface area contributed by atoms with E-state index in [1.54, 1.807) is 11.4 Å². The lowest BCUT2D eigenvalue weighted by Gasteiger charge is -2.04. The number of hydrogen-bond acceptors (Lipinski definition) is 4. The molecule has 0 saturated carbocycles. The first-order valence-electron chi connectivity index (χ1n) is 6.84. The van der Waals surface area contributed by atoms with Gasteiger partial charge in [0.15, 0.2) is 11.2 Å². The summed E-state index contributed by atoms with van der Waals surface area (Å²) in [7, 11) is 1.60. The highest BCUT2D eigenvalue weighted by Gasteiger charge is 2.19. The van der Waals surface area contributed by atoms with E-state index in [1.165, 1.54) is 4.57 Å². The van der Waals surface area contributed by atoms with Crippen LogP contribution in [-0.4, -0.2) is 30.0 Å². The monoisotopic (exact) mass is 290 g/mol. The number of nitrogens with zero attached hydrogens (tertiary/aromatic N) is 4.